The number of carbonyl (C=O) groups excluding carboxylic acids is 2. The topological polar surface area (TPSA) is 64.6 Å². The van der Waals surface area contributed by atoms with Crippen LogP contribution >= 0.6 is 0 Å². The number of benzene rings is 2. The molecule has 0 saturated carbocycles. The minimum absolute atomic E-state index is 0.184. The molecule has 0 bridgehead atoms. The van der Waals surface area contributed by atoms with Gasteiger partial charge in [-0.25, -0.2) is 0 Å². The van der Waals surface area contributed by atoms with Gasteiger partial charge in [-0.2, -0.15) is 0 Å². The fraction of sp³-hybridized carbons (Fsp3) is 0.263. The van der Waals surface area contributed by atoms with Crippen molar-refractivity contribution in [3.63, 3.8) is 0 Å². The molecule has 0 saturated heterocycles. The van der Waals surface area contributed by atoms with Crippen LogP contribution in [-0.4, -0.2) is 25.1 Å². The summed E-state index contributed by atoms with van der Waals surface area (Å²) in [6.45, 7) is 1.55. The van der Waals surface area contributed by atoms with Gasteiger partial charge in [0.05, 0.1) is 7.11 Å². The van der Waals surface area contributed by atoms with Gasteiger partial charge in [-0.1, -0.05) is 36.4 Å². The van der Waals surface area contributed by atoms with Crippen molar-refractivity contribution in [1.29, 1.82) is 0 Å². The Hall–Kier alpha value is -2.82. The second-order valence-electron chi connectivity index (χ2n) is 5.30. The van der Waals surface area contributed by atoms with E-state index in [-0.39, 0.29) is 12.3 Å². The van der Waals surface area contributed by atoms with E-state index in [4.69, 9.17) is 9.47 Å². The molecule has 1 N–H and O–H groups in total. The molecule has 0 heterocycles. The number of esters is 1. The highest BCUT2D eigenvalue weighted by Gasteiger charge is 2.18. The Kier molecular flexibility index (Phi) is 6.37. The number of nitrogens with one attached hydrogen (secondary N) is 1. The zero-order valence-electron chi connectivity index (χ0n) is 13.8. The van der Waals surface area contributed by atoms with E-state index in [0.717, 1.165) is 11.3 Å². The number of aryl methyl sites for hydroxylation is 1. The number of para-hydroxylation sites is 2. The fourth-order valence-corrected chi connectivity index (χ4v) is 2.22. The van der Waals surface area contributed by atoms with Gasteiger partial charge in [0.15, 0.2) is 6.10 Å². The van der Waals surface area contributed by atoms with E-state index in [1.165, 1.54) is 0 Å². The molecule has 0 aliphatic carbocycles. The predicted molar refractivity (Wildman–Crippen MR) is 91.9 cm³/mol. The first-order valence-corrected chi connectivity index (χ1v) is 7.77. The lowest BCUT2D eigenvalue weighted by Crippen LogP contribution is -2.30. The summed E-state index contributed by atoms with van der Waals surface area (Å²) in [4.78, 5) is 24.0. The molecular formula is C19H21NO4. The van der Waals surface area contributed by atoms with Gasteiger partial charge in [-0.05, 0) is 37.1 Å². The molecule has 0 fully saturated rings. The highest BCUT2D eigenvalue weighted by Crippen LogP contribution is 2.19. The van der Waals surface area contributed by atoms with E-state index in [2.05, 4.69) is 5.32 Å². The summed E-state index contributed by atoms with van der Waals surface area (Å²) in [5.41, 5.74) is 1.60. The average Bonchev–Trinajstić information content (AvgIpc) is 2.61. The van der Waals surface area contributed by atoms with Gasteiger partial charge in [0.1, 0.15) is 5.75 Å². The summed E-state index contributed by atoms with van der Waals surface area (Å²) in [5.74, 6) is -0.0383. The molecule has 2 aromatic rings. The monoisotopic (exact) mass is 327 g/mol. The molecule has 5 nitrogen and oxygen atoms in total. The molecule has 0 aliphatic heterocycles. The largest absolute Gasteiger partial charge is 0.496 e. The van der Waals surface area contributed by atoms with Crippen molar-refractivity contribution in [1.82, 2.24) is 0 Å². The van der Waals surface area contributed by atoms with Crippen molar-refractivity contribution >= 4 is 17.6 Å². The molecule has 126 valence electrons. The Morgan fingerprint density at radius 1 is 1.04 bits per heavy atom. The van der Waals surface area contributed by atoms with Gasteiger partial charge in [0.2, 0.25) is 0 Å². The number of anilines is 1. The van der Waals surface area contributed by atoms with E-state index in [1.807, 2.05) is 42.5 Å². The summed E-state index contributed by atoms with van der Waals surface area (Å²) in [7, 11) is 1.59. The summed E-state index contributed by atoms with van der Waals surface area (Å²) in [6.07, 6.45) is -0.172. The van der Waals surface area contributed by atoms with E-state index in [0.29, 0.717) is 12.1 Å². The SMILES string of the molecule is COc1ccccc1CCC(=O)O[C@H](C)C(=O)Nc1ccccc1. The highest BCUT2D eigenvalue weighted by atomic mass is 16.5. The second kappa shape index (κ2) is 8.72. The van der Waals surface area contributed by atoms with Crippen LogP contribution in [0.1, 0.15) is 18.9 Å². The van der Waals surface area contributed by atoms with Gasteiger partial charge in [0, 0.05) is 12.1 Å². The maximum absolute atomic E-state index is 12.0. The number of amides is 1. The standard InChI is InChI=1S/C19H21NO4/c1-14(19(22)20-16-9-4-3-5-10-16)24-18(21)13-12-15-8-6-7-11-17(15)23-2/h3-11,14H,12-13H2,1-2H3,(H,20,22)/t14-/m1/s1. The van der Waals surface area contributed by atoms with Crippen LogP contribution in [-0.2, 0) is 20.7 Å². The van der Waals surface area contributed by atoms with Crippen LogP contribution in [0.25, 0.3) is 0 Å². The van der Waals surface area contributed by atoms with Crippen LogP contribution in [0.15, 0.2) is 54.6 Å². The Morgan fingerprint density at radius 3 is 2.42 bits per heavy atom. The van der Waals surface area contributed by atoms with Crippen LogP contribution in [0, 0.1) is 0 Å². The zero-order valence-corrected chi connectivity index (χ0v) is 13.8. The van der Waals surface area contributed by atoms with Crippen molar-refractivity contribution in [3.05, 3.63) is 60.2 Å². The molecule has 0 unspecified atom stereocenters. The number of ether oxygens (including phenoxy) is 2. The molecule has 0 radical (unpaired) electrons. The Balaban J connectivity index is 1.82. The van der Waals surface area contributed by atoms with Crippen LogP contribution < -0.4 is 10.1 Å². The minimum Gasteiger partial charge on any atom is -0.496 e. The molecule has 2 rings (SSSR count). The zero-order chi connectivity index (χ0) is 17.4. The fourth-order valence-electron chi connectivity index (χ4n) is 2.22. The average molecular weight is 327 g/mol. The van der Waals surface area contributed by atoms with E-state index >= 15 is 0 Å². The molecule has 0 aromatic heterocycles. The molecule has 24 heavy (non-hydrogen) atoms. The van der Waals surface area contributed by atoms with Crippen LogP contribution in [0.4, 0.5) is 5.69 Å². The van der Waals surface area contributed by atoms with Crippen molar-refractivity contribution in [2.24, 2.45) is 0 Å². The third-order valence-electron chi connectivity index (χ3n) is 3.51. The summed E-state index contributed by atoms with van der Waals surface area (Å²) >= 11 is 0. The Bertz CT molecular complexity index is 685. The van der Waals surface area contributed by atoms with Crippen molar-refractivity contribution in [3.8, 4) is 5.75 Å². The van der Waals surface area contributed by atoms with Gasteiger partial charge in [-0.3, -0.25) is 9.59 Å². The lowest BCUT2D eigenvalue weighted by Gasteiger charge is -2.14. The first kappa shape index (κ1) is 17.5. The lowest BCUT2D eigenvalue weighted by molar-refractivity contribution is -0.153. The normalized spacial score (nSPS) is 11.4. The minimum atomic E-state index is -0.852. The molecule has 1 amide bonds. The van der Waals surface area contributed by atoms with Gasteiger partial charge in [-0.15, -0.1) is 0 Å². The third kappa shape index (κ3) is 5.12. The van der Waals surface area contributed by atoms with E-state index < -0.39 is 12.1 Å². The van der Waals surface area contributed by atoms with Gasteiger partial charge in [0.25, 0.3) is 5.91 Å². The highest BCUT2D eigenvalue weighted by molar-refractivity contribution is 5.95. The number of carbonyl (C=O) groups is 2. The number of hydrogen-bond acceptors (Lipinski definition) is 4. The lowest BCUT2D eigenvalue weighted by atomic mass is 10.1. The number of rotatable bonds is 7. The molecular weight excluding hydrogens is 306 g/mol. The molecule has 2 aromatic carbocycles. The third-order valence-corrected chi connectivity index (χ3v) is 3.51. The number of hydrogen-bond donors (Lipinski definition) is 1. The first-order valence-electron chi connectivity index (χ1n) is 7.77. The van der Waals surface area contributed by atoms with Crippen molar-refractivity contribution < 1.29 is 19.1 Å². The van der Waals surface area contributed by atoms with Crippen LogP contribution in [0.2, 0.25) is 0 Å². The summed E-state index contributed by atoms with van der Waals surface area (Å²) in [6, 6.07) is 16.5. The van der Waals surface area contributed by atoms with Gasteiger partial charge >= 0.3 is 5.97 Å². The quantitative estimate of drug-likeness (QED) is 0.793. The van der Waals surface area contributed by atoms with E-state index in [1.54, 1.807) is 26.2 Å². The first-order chi connectivity index (χ1) is 11.6. The second-order valence-corrected chi connectivity index (χ2v) is 5.30. The Labute approximate surface area is 141 Å². The van der Waals surface area contributed by atoms with Gasteiger partial charge < -0.3 is 14.8 Å². The maximum Gasteiger partial charge on any atom is 0.306 e. The molecule has 0 spiro atoms. The summed E-state index contributed by atoms with van der Waals surface area (Å²) < 4.78 is 10.4. The molecule has 0 aliphatic rings. The molecule has 5 heteroatoms. The van der Waals surface area contributed by atoms with Crippen molar-refractivity contribution in [2.45, 2.75) is 25.9 Å². The van der Waals surface area contributed by atoms with Crippen molar-refractivity contribution in [2.75, 3.05) is 12.4 Å². The molecule has 1 atom stereocenters. The predicted octanol–water partition coefficient (Wildman–Crippen LogP) is 3.20. The smallest absolute Gasteiger partial charge is 0.306 e. The maximum atomic E-state index is 12.0. The number of methoxy groups -OCH3 is 1. The van der Waals surface area contributed by atoms with Crippen LogP contribution in [0.3, 0.4) is 0 Å². The Morgan fingerprint density at radius 2 is 1.71 bits per heavy atom. The van der Waals surface area contributed by atoms with E-state index in [9.17, 15) is 9.59 Å². The summed E-state index contributed by atoms with van der Waals surface area (Å²) in [5, 5.41) is 2.70. The van der Waals surface area contributed by atoms with Crippen LogP contribution in [0.5, 0.6) is 5.75 Å².